The zero-order valence-electron chi connectivity index (χ0n) is 17.3. The molecule has 0 aliphatic carbocycles. The van der Waals surface area contributed by atoms with Gasteiger partial charge < -0.3 is 10.2 Å². The molecule has 1 atom stereocenters. The summed E-state index contributed by atoms with van der Waals surface area (Å²) in [6, 6.07) is 8.50. The molecule has 1 N–H and O–H groups in total. The van der Waals surface area contributed by atoms with Gasteiger partial charge in [0, 0.05) is 45.1 Å². The summed E-state index contributed by atoms with van der Waals surface area (Å²) in [4.78, 5) is 23.5. The van der Waals surface area contributed by atoms with Gasteiger partial charge in [-0.25, -0.2) is 18.4 Å². The number of carbonyl (C=O) groups excluding carboxylic acids is 1. The van der Waals surface area contributed by atoms with Crippen LogP contribution in [0.3, 0.4) is 0 Å². The molecule has 1 amide bonds. The largest absolute Gasteiger partial charge is 0.373 e. The van der Waals surface area contributed by atoms with Gasteiger partial charge in [-0.1, -0.05) is 18.2 Å². The normalized spacial score (nSPS) is 19.9. The molecule has 2 aromatic rings. The van der Waals surface area contributed by atoms with Gasteiger partial charge in [0.25, 0.3) is 0 Å². The Morgan fingerprint density at radius 2 is 1.93 bits per heavy atom. The molecule has 0 radical (unpaired) electrons. The Balaban J connectivity index is 1.65. The third kappa shape index (κ3) is 3.91. The van der Waals surface area contributed by atoms with Crippen LogP contribution >= 0.6 is 0 Å². The Kier molecular flexibility index (Phi) is 5.75. The molecule has 0 unspecified atom stereocenters. The van der Waals surface area contributed by atoms with Crippen molar-refractivity contribution >= 4 is 21.7 Å². The summed E-state index contributed by atoms with van der Waals surface area (Å²) >= 11 is 0. The van der Waals surface area contributed by atoms with E-state index in [-0.39, 0.29) is 18.4 Å². The summed E-state index contributed by atoms with van der Waals surface area (Å²) in [6.45, 7) is 3.56. The Morgan fingerprint density at radius 1 is 1.17 bits per heavy atom. The highest BCUT2D eigenvalue weighted by atomic mass is 32.2. The number of anilines is 1. The topological polar surface area (TPSA) is 95.5 Å². The molecule has 1 aromatic heterocycles. The van der Waals surface area contributed by atoms with Gasteiger partial charge >= 0.3 is 0 Å². The molecule has 2 aliphatic rings. The van der Waals surface area contributed by atoms with E-state index in [2.05, 4.69) is 5.32 Å². The minimum Gasteiger partial charge on any atom is -0.373 e. The number of sulfonamides is 1. The molecule has 2 aliphatic heterocycles. The van der Waals surface area contributed by atoms with Crippen LogP contribution in [0.4, 0.5) is 5.82 Å². The van der Waals surface area contributed by atoms with Crippen molar-refractivity contribution in [2.75, 3.05) is 32.0 Å². The monoisotopic (exact) mass is 429 g/mol. The van der Waals surface area contributed by atoms with Crippen LogP contribution in [0.15, 0.2) is 35.2 Å². The van der Waals surface area contributed by atoms with E-state index in [1.54, 1.807) is 37.3 Å². The number of hydrogen-bond acceptors (Lipinski definition) is 6. The molecule has 8 nitrogen and oxygen atoms in total. The lowest BCUT2D eigenvalue weighted by Gasteiger charge is -2.33. The number of amides is 1. The van der Waals surface area contributed by atoms with E-state index >= 15 is 0 Å². The first kappa shape index (κ1) is 20.7. The van der Waals surface area contributed by atoms with Gasteiger partial charge in [0.1, 0.15) is 11.6 Å². The van der Waals surface area contributed by atoms with Crippen molar-refractivity contribution in [2.24, 2.45) is 0 Å². The van der Waals surface area contributed by atoms with Crippen LogP contribution in [0.25, 0.3) is 0 Å². The van der Waals surface area contributed by atoms with Crippen molar-refractivity contribution in [3.8, 4) is 0 Å². The molecule has 1 aromatic carbocycles. The maximum absolute atomic E-state index is 13.1. The Morgan fingerprint density at radius 3 is 2.63 bits per heavy atom. The Bertz CT molecular complexity index is 1040. The number of fused-ring (bicyclic) bond motifs is 1. The van der Waals surface area contributed by atoms with Crippen molar-refractivity contribution < 1.29 is 13.2 Å². The highest BCUT2D eigenvalue weighted by molar-refractivity contribution is 7.89. The first-order valence-electron chi connectivity index (χ1n) is 10.3. The van der Waals surface area contributed by atoms with E-state index in [1.165, 1.54) is 4.31 Å². The van der Waals surface area contributed by atoms with Gasteiger partial charge in [0.05, 0.1) is 17.1 Å². The zero-order chi connectivity index (χ0) is 21.3. The summed E-state index contributed by atoms with van der Waals surface area (Å²) in [5.41, 5.74) is 1.72. The minimum absolute atomic E-state index is 0.0566. The number of rotatable bonds is 4. The van der Waals surface area contributed by atoms with Gasteiger partial charge in [0.15, 0.2) is 0 Å². The van der Waals surface area contributed by atoms with Crippen molar-refractivity contribution in [3.63, 3.8) is 0 Å². The first-order valence-corrected chi connectivity index (χ1v) is 11.7. The molecule has 9 heteroatoms. The SMILES string of the molecule is CNc1nc([C@@H]2CCCN(C(C)=O)C2)nc2c1CCN(S(=O)(=O)c1ccccc1)C2. The standard InChI is InChI=1S/C21H27N5O3S/c1-15(27)25-11-6-7-16(13-25)20-23-19-14-26(12-10-18(19)21(22-2)24-20)30(28,29)17-8-4-3-5-9-17/h3-5,8-9,16H,6-7,10-14H2,1-2H3,(H,22,23,24)/t16-/m1/s1. The predicted molar refractivity (Wildman–Crippen MR) is 114 cm³/mol. The average molecular weight is 430 g/mol. The minimum atomic E-state index is -3.58. The number of nitrogens with zero attached hydrogens (tertiary/aromatic N) is 4. The Labute approximate surface area is 177 Å². The number of likely N-dealkylation sites (tertiary alicyclic amines) is 1. The highest BCUT2D eigenvalue weighted by Gasteiger charge is 2.32. The van der Waals surface area contributed by atoms with E-state index in [0.717, 1.165) is 36.5 Å². The maximum atomic E-state index is 13.1. The third-order valence-electron chi connectivity index (χ3n) is 5.90. The second kappa shape index (κ2) is 8.31. The fraction of sp³-hybridized carbons (Fsp3) is 0.476. The lowest BCUT2D eigenvalue weighted by atomic mass is 9.96. The average Bonchev–Trinajstić information content (AvgIpc) is 2.78. The quantitative estimate of drug-likeness (QED) is 0.799. The van der Waals surface area contributed by atoms with Gasteiger partial charge in [-0.15, -0.1) is 0 Å². The molecule has 0 saturated carbocycles. The first-order chi connectivity index (χ1) is 14.4. The smallest absolute Gasteiger partial charge is 0.243 e. The molecule has 4 rings (SSSR count). The van der Waals surface area contributed by atoms with Crippen molar-refractivity contribution in [1.82, 2.24) is 19.2 Å². The molecule has 3 heterocycles. The number of nitrogens with one attached hydrogen (secondary N) is 1. The second-order valence-electron chi connectivity index (χ2n) is 7.81. The van der Waals surface area contributed by atoms with Crippen LogP contribution in [-0.4, -0.2) is 60.2 Å². The summed E-state index contributed by atoms with van der Waals surface area (Å²) in [5.74, 6) is 1.56. The van der Waals surface area contributed by atoms with Crippen LogP contribution in [-0.2, 0) is 27.8 Å². The summed E-state index contributed by atoms with van der Waals surface area (Å²) in [6.07, 6.45) is 2.38. The van der Waals surface area contributed by atoms with Crippen LogP contribution in [0.5, 0.6) is 0 Å². The lowest BCUT2D eigenvalue weighted by molar-refractivity contribution is -0.130. The van der Waals surface area contributed by atoms with E-state index in [4.69, 9.17) is 9.97 Å². The molecule has 1 fully saturated rings. The predicted octanol–water partition coefficient (Wildman–Crippen LogP) is 1.99. The number of hydrogen-bond donors (Lipinski definition) is 1. The molecule has 0 bridgehead atoms. The third-order valence-corrected chi connectivity index (χ3v) is 7.76. The maximum Gasteiger partial charge on any atom is 0.243 e. The number of piperidine rings is 1. The Hall–Kier alpha value is -2.52. The van der Waals surface area contributed by atoms with Crippen LogP contribution in [0, 0.1) is 0 Å². The summed E-state index contributed by atoms with van der Waals surface area (Å²) < 4.78 is 27.6. The summed E-state index contributed by atoms with van der Waals surface area (Å²) in [5, 5.41) is 3.15. The molecule has 1 saturated heterocycles. The fourth-order valence-electron chi connectivity index (χ4n) is 4.24. The van der Waals surface area contributed by atoms with E-state index in [0.29, 0.717) is 30.2 Å². The number of benzene rings is 1. The zero-order valence-corrected chi connectivity index (χ0v) is 18.2. The van der Waals surface area contributed by atoms with Crippen molar-refractivity contribution in [2.45, 2.75) is 43.5 Å². The molecule has 160 valence electrons. The van der Waals surface area contributed by atoms with Gasteiger partial charge in [0.2, 0.25) is 15.9 Å². The highest BCUT2D eigenvalue weighted by Crippen LogP contribution is 2.31. The van der Waals surface area contributed by atoms with Crippen LogP contribution < -0.4 is 5.32 Å². The van der Waals surface area contributed by atoms with Gasteiger partial charge in [-0.2, -0.15) is 4.31 Å². The molecule has 0 spiro atoms. The molecular weight excluding hydrogens is 402 g/mol. The van der Waals surface area contributed by atoms with Crippen LogP contribution in [0.1, 0.15) is 42.8 Å². The number of carbonyl (C=O) groups is 1. The van der Waals surface area contributed by atoms with Gasteiger partial charge in [-0.3, -0.25) is 4.79 Å². The van der Waals surface area contributed by atoms with E-state index in [9.17, 15) is 13.2 Å². The van der Waals surface area contributed by atoms with Gasteiger partial charge in [-0.05, 0) is 31.4 Å². The fourth-order valence-corrected chi connectivity index (χ4v) is 5.66. The van der Waals surface area contributed by atoms with Crippen LogP contribution in [0.2, 0.25) is 0 Å². The van der Waals surface area contributed by atoms with Crippen molar-refractivity contribution in [1.29, 1.82) is 0 Å². The number of aromatic nitrogens is 2. The second-order valence-corrected chi connectivity index (χ2v) is 9.75. The van der Waals surface area contributed by atoms with Crippen molar-refractivity contribution in [3.05, 3.63) is 47.4 Å². The van der Waals surface area contributed by atoms with E-state index < -0.39 is 10.0 Å². The molecule has 30 heavy (non-hydrogen) atoms. The van der Waals surface area contributed by atoms with E-state index in [1.807, 2.05) is 11.9 Å². The lowest BCUT2D eigenvalue weighted by Crippen LogP contribution is -2.39. The summed E-state index contributed by atoms with van der Waals surface area (Å²) in [7, 11) is -1.76. The molecular formula is C21H27N5O3S.